The molecule has 2 aromatic heterocycles. The van der Waals surface area contributed by atoms with Crippen LogP contribution in [0.4, 0.5) is 0 Å². The van der Waals surface area contributed by atoms with Crippen LogP contribution in [0.2, 0.25) is 0 Å². The smallest absolute Gasteiger partial charge is 0.359 e. The highest BCUT2D eigenvalue weighted by Crippen LogP contribution is 2.40. The molecule has 2 fully saturated rings. The van der Waals surface area contributed by atoms with Gasteiger partial charge in [-0.25, -0.2) is 28.5 Å². The van der Waals surface area contributed by atoms with E-state index in [9.17, 15) is 29.4 Å². The largest absolute Gasteiger partial charge is 0.476 e. The van der Waals surface area contributed by atoms with Crippen LogP contribution in [0.1, 0.15) is 54.0 Å². The third kappa shape index (κ3) is 2.77. The first-order valence-electron chi connectivity index (χ1n) is 8.29. The Morgan fingerprint density at radius 1 is 0.700 bits per heavy atom. The Labute approximate surface area is 164 Å². The number of rotatable bonds is 6. The number of aromatic carboxylic acids is 4. The van der Waals surface area contributed by atoms with E-state index >= 15 is 0 Å². The number of hydrogen-bond donors (Lipinski definition) is 4. The van der Waals surface area contributed by atoms with Crippen molar-refractivity contribution in [3.8, 4) is 0 Å². The number of hydrogen-bond acceptors (Lipinski definition) is 10. The van der Waals surface area contributed by atoms with E-state index in [0.29, 0.717) is 0 Å². The summed E-state index contributed by atoms with van der Waals surface area (Å²) in [6.07, 6.45) is -1.70. The second kappa shape index (κ2) is 6.85. The van der Waals surface area contributed by atoms with Gasteiger partial charge in [-0.1, -0.05) is 10.4 Å². The van der Waals surface area contributed by atoms with Crippen LogP contribution >= 0.6 is 0 Å². The Balaban J connectivity index is 1.68. The van der Waals surface area contributed by atoms with Gasteiger partial charge in [0, 0.05) is 0 Å². The van der Waals surface area contributed by atoms with E-state index in [4.69, 9.17) is 19.7 Å². The highest BCUT2D eigenvalue weighted by Gasteiger charge is 2.52. The summed E-state index contributed by atoms with van der Waals surface area (Å²) >= 11 is 0. The molecular weight excluding hydrogens is 412 g/mol. The maximum Gasteiger partial charge on any atom is 0.359 e. The van der Waals surface area contributed by atoms with E-state index in [-0.39, 0.29) is 13.2 Å². The first-order chi connectivity index (χ1) is 14.2. The molecule has 2 aliphatic rings. The third-order valence-electron chi connectivity index (χ3n) is 4.83. The molecule has 2 aromatic rings. The predicted molar refractivity (Wildman–Crippen MR) is 85.4 cm³/mol. The molecule has 0 aromatic carbocycles. The van der Waals surface area contributed by atoms with E-state index < -0.39 is 70.9 Å². The quantitative estimate of drug-likeness (QED) is 0.403. The fourth-order valence-corrected chi connectivity index (χ4v) is 3.62. The summed E-state index contributed by atoms with van der Waals surface area (Å²) in [6.45, 7) is -0.283. The van der Waals surface area contributed by atoms with Crippen molar-refractivity contribution in [2.24, 2.45) is 0 Å². The lowest BCUT2D eigenvalue weighted by molar-refractivity contribution is 0.0564. The topological polar surface area (TPSA) is 229 Å². The fourth-order valence-electron chi connectivity index (χ4n) is 3.62. The van der Waals surface area contributed by atoms with Gasteiger partial charge < -0.3 is 29.9 Å². The molecule has 0 spiro atoms. The Bertz CT molecular complexity index is 991. The van der Waals surface area contributed by atoms with Crippen molar-refractivity contribution in [1.82, 2.24) is 30.0 Å². The Morgan fingerprint density at radius 2 is 1.07 bits per heavy atom. The maximum atomic E-state index is 11.5. The van der Waals surface area contributed by atoms with E-state index in [1.165, 1.54) is 0 Å². The predicted octanol–water partition coefficient (Wildman–Crippen LogP) is -1.76. The minimum Gasteiger partial charge on any atom is -0.476 e. The number of aromatic nitrogens is 6. The van der Waals surface area contributed by atoms with Crippen LogP contribution in [0.25, 0.3) is 0 Å². The Morgan fingerprint density at radius 3 is 1.37 bits per heavy atom. The van der Waals surface area contributed by atoms with Gasteiger partial charge in [0.15, 0.2) is 11.4 Å². The molecule has 0 amide bonds. The molecule has 30 heavy (non-hydrogen) atoms. The van der Waals surface area contributed by atoms with Gasteiger partial charge in [0.05, 0.1) is 13.2 Å². The molecule has 4 atom stereocenters. The summed E-state index contributed by atoms with van der Waals surface area (Å²) < 4.78 is 13.0. The average molecular weight is 424 g/mol. The lowest BCUT2D eigenvalue weighted by Crippen LogP contribution is -2.32. The zero-order valence-electron chi connectivity index (χ0n) is 14.6. The van der Waals surface area contributed by atoms with Gasteiger partial charge >= 0.3 is 23.9 Å². The van der Waals surface area contributed by atoms with Crippen molar-refractivity contribution in [3.63, 3.8) is 0 Å². The fraction of sp³-hybridized carbons (Fsp3) is 0.429. The molecular formula is C14H12N6O10. The van der Waals surface area contributed by atoms with Crippen molar-refractivity contribution in [3.05, 3.63) is 22.8 Å². The summed E-state index contributed by atoms with van der Waals surface area (Å²) in [5.41, 5.74) is -2.83. The number of carbonyl (C=O) groups is 4. The van der Waals surface area contributed by atoms with Crippen LogP contribution < -0.4 is 0 Å². The van der Waals surface area contributed by atoms with Gasteiger partial charge in [0.2, 0.25) is 11.4 Å². The number of ether oxygens (including phenoxy) is 2. The molecule has 4 N–H and O–H groups in total. The standard InChI is InChI=1S/C14H12N6O10/c21-11(22)5-7(13(25)26)19(17-15-5)3-1-29-10-4(2-30-9(3)10)20-8(14(27)28)6(12(23)24)16-18-20/h3-4,9-10H,1-2H2,(H,21,22)(H,23,24)(H,25,26)(H,27,28)/t3-,4?,9?,10?/m0/s1. The second-order valence-corrected chi connectivity index (χ2v) is 6.41. The summed E-state index contributed by atoms with van der Waals surface area (Å²) in [4.78, 5) is 45.5. The SMILES string of the molecule is O=C(O)c1nnn(C2COC3C2OC[C@@H]3n2nnc(C(=O)O)c2C(=O)O)c1C(=O)O. The third-order valence-corrected chi connectivity index (χ3v) is 4.83. The Hall–Kier alpha value is -3.92. The van der Waals surface area contributed by atoms with Crippen LogP contribution in [-0.4, -0.2) is 99.7 Å². The highest BCUT2D eigenvalue weighted by atomic mass is 16.6. The van der Waals surface area contributed by atoms with Crippen LogP contribution in [0, 0.1) is 0 Å². The van der Waals surface area contributed by atoms with Crippen LogP contribution in [0.15, 0.2) is 0 Å². The molecule has 3 unspecified atom stereocenters. The van der Waals surface area contributed by atoms with Crippen molar-refractivity contribution in [2.45, 2.75) is 24.3 Å². The second-order valence-electron chi connectivity index (χ2n) is 6.41. The lowest BCUT2D eigenvalue weighted by Gasteiger charge is -2.18. The van der Waals surface area contributed by atoms with Gasteiger partial charge in [-0.2, -0.15) is 0 Å². The van der Waals surface area contributed by atoms with Gasteiger partial charge in [0.1, 0.15) is 24.3 Å². The molecule has 158 valence electrons. The molecule has 16 heteroatoms. The summed E-state index contributed by atoms with van der Waals surface area (Å²) in [5.74, 6) is -6.28. The van der Waals surface area contributed by atoms with E-state index in [0.717, 1.165) is 9.36 Å². The normalized spacial score (nSPS) is 25.2. The number of carboxylic acid groups (broad SMARTS) is 4. The molecule has 16 nitrogen and oxygen atoms in total. The lowest BCUT2D eigenvalue weighted by atomic mass is 10.1. The van der Waals surface area contributed by atoms with Crippen molar-refractivity contribution in [1.29, 1.82) is 0 Å². The van der Waals surface area contributed by atoms with Crippen LogP contribution in [0.5, 0.6) is 0 Å². The van der Waals surface area contributed by atoms with E-state index in [2.05, 4.69) is 20.6 Å². The van der Waals surface area contributed by atoms with Crippen molar-refractivity contribution >= 4 is 23.9 Å². The molecule has 2 aliphatic heterocycles. The first kappa shape index (κ1) is 19.4. The van der Waals surface area contributed by atoms with Crippen molar-refractivity contribution < 1.29 is 49.1 Å². The van der Waals surface area contributed by atoms with Crippen molar-refractivity contribution in [2.75, 3.05) is 13.2 Å². The van der Waals surface area contributed by atoms with Crippen LogP contribution in [-0.2, 0) is 9.47 Å². The number of carboxylic acids is 4. The zero-order chi connectivity index (χ0) is 21.7. The molecule has 4 heterocycles. The number of nitrogens with zero attached hydrogens (tertiary/aromatic N) is 6. The number of fused-ring (bicyclic) bond motifs is 1. The van der Waals surface area contributed by atoms with Gasteiger partial charge in [-0.15, -0.1) is 10.2 Å². The summed E-state index contributed by atoms with van der Waals surface area (Å²) in [7, 11) is 0. The van der Waals surface area contributed by atoms with Gasteiger partial charge in [-0.3, -0.25) is 0 Å². The van der Waals surface area contributed by atoms with E-state index in [1.807, 2.05) is 0 Å². The molecule has 4 rings (SSSR count). The molecule has 0 aliphatic carbocycles. The minimum atomic E-state index is -1.57. The average Bonchev–Trinajstić information content (AvgIpc) is 3.41. The summed E-state index contributed by atoms with van der Waals surface area (Å²) in [5, 5.41) is 51.0. The van der Waals surface area contributed by atoms with Crippen LogP contribution in [0.3, 0.4) is 0 Å². The van der Waals surface area contributed by atoms with Gasteiger partial charge in [-0.05, 0) is 0 Å². The molecule has 2 saturated heterocycles. The molecule has 0 saturated carbocycles. The maximum absolute atomic E-state index is 11.5. The summed E-state index contributed by atoms with van der Waals surface area (Å²) in [6, 6.07) is -1.75. The highest BCUT2D eigenvalue weighted by molar-refractivity contribution is 5.99. The van der Waals surface area contributed by atoms with Gasteiger partial charge in [0.25, 0.3) is 0 Å². The Kier molecular flexibility index (Phi) is 4.43. The zero-order valence-corrected chi connectivity index (χ0v) is 14.6. The van der Waals surface area contributed by atoms with E-state index in [1.54, 1.807) is 0 Å². The molecule has 0 bridgehead atoms. The minimum absolute atomic E-state index is 0.141. The first-order valence-corrected chi connectivity index (χ1v) is 8.29. The monoisotopic (exact) mass is 424 g/mol. The molecule has 0 radical (unpaired) electrons.